The molecule has 0 N–H and O–H groups in total. The van der Waals surface area contributed by atoms with E-state index in [9.17, 15) is 0 Å². The molecule has 1 saturated carbocycles. The summed E-state index contributed by atoms with van der Waals surface area (Å²) in [4.78, 5) is 7.07. The fourth-order valence-corrected chi connectivity index (χ4v) is 2.06. The molecule has 0 amide bonds. The van der Waals surface area contributed by atoms with E-state index in [0.717, 1.165) is 28.4 Å². The lowest BCUT2D eigenvalue weighted by molar-refractivity contribution is 0.636. The van der Waals surface area contributed by atoms with Gasteiger partial charge in [0.05, 0.1) is 5.69 Å². The molecule has 1 aromatic rings. The highest BCUT2D eigenvalue weighted by atomic mass is 79.9. The summed E-state index contributed by atoms with van der Waals surface area (Å²) in [7, 11) is 0. The Morgan fingerprint density at radius 3 is 2.62 bits per heavy atom. The minimum Gasteiger partial charge on any atom is -0.354 e. The van der Waals surface area contributed by atoms with Gasteiger partial charge >= 0.3 is 0 Å². The van der Waals surface area contributed by atoms with Crippen molar-refractivity contribution < 1.29 is 0 Å². The van der Waals surface area contributed by atoms with Gasteiger partial charge in [0.15, 0.2) is 0 Å². The summed E-state index contributed by atoms with van der Waals surface area (Å²) in [6.07, 6.45) is 2.78. The smallest absolute Gasteiger partial charge is 0.129 e. The third-order valence-electron chi connectivity index (χ3n) is 3.08. The highest BCUT2D eigenvalue weighted by molar-refractivity contribution is 9.10. The molecule has 2 rings (SSSR count). The van der Waals surface area contributed by atoms with Crippen molar-refractivity contribution in [1.82, 2.24) is 4.98 Å². The normalized spacial score (nSPS) is 15.6. The van der Waals surface area contributed by atoms with Crippen LogP contribution in [-0.2, 0) is 0 Å². The summed E-state index contributed by atoms with van der Waals surface area (Å²) in [5.74, 6) is 2.01. The molecular weight excluding hydrogens is 264 g/mol. The van der Waals surface area contributed by atoms with Crippen molar-refractivity contribution >= 4 is 21.7 Å². The predicted molar refractivity (Wildman–Crippen MR) is 71.9 cm³/mol. The van der Waals surface area contributed by atoms with Gasteiger partial charge in [0.2, 0.25) is 0 Å². The van der Waals surface area contributed by atoms with Gasteiger partial charge in [-0.25, -0.2) is 4.98 Å². The molecule has 1 aliphatic carbocycles. The van der Waals surface area contributed by atoms with Gasteiger partial charge in [-0.05, 0) is 67.6 Å². The number of aryl methyl sites for hydroxylation is 1. The standard InChI is InChI=1S/C13H19BrN2/c1-9(2)16(8-11-4-5-11)13-7-6-12(14)10(3)15-13/h6-7,9,11H,4-5,8H2,1-3H3. The van der Waals surface area contributed by atoms with Crippen LogP contribution in [0.2, 0.25) is 0 Å². The molecule has 0 aromatic carbocycles. The van der Waals surface area contributed by atoms with Crippen LogP contribution in [-0.4, -0.2) is 17.6 Å². The quantitative estimate of drug-likeness (QED) is 0.836. The Balaban J connectivity index is 2.19. The van der Waals surface area contributed by atoms with E-state index in [-0.39, 0.29) is 0 Å². The number of hydrogen-bond acceptors (Lipinski definition) is 2. The number of pyridine rings is 1. The molecule has 0 aliphatic heterocycles. The average molecular weight is 283 g/mol. The Labute approximate surface area is 106 Å². The summed E-state index contributed by atoms with van der Waals surface area (Å²) in [5, 5.41) is 0. The summed E-state index contributed by atoms with van der Waals surface area (Å²) >= 11 is 3.50. The Hall–Kier alpha value is -0.570. The number of aromatic nitrogens is 1. The predicted octanol–water partition coefficient (Wildman–Crippen LogP) is 3.78. The fourth-order valence-electron chi connectivity index (χ4n) is 1.84. The first kappa shape index (κ1) is 11.9. The van der Waals surface area contributed by atoms with E-state index in [0.29, 0.717) is 6.04 Å². The lowest BCUT2D eigenvalue weighted by Gasteiger charge is -2.28. The molecule has 3 heteroatoms. The number of rotatable bonds is 4. The molecule has 0 unspecified atom stereocenters. The van der Waals surface area contributed by atoms with Gasteiger partial charge in [0, 0.05) is 17.1 Å². The van der Waals surface area contributed by atoms with Gasteiger partial charge in [0.25, 0.3) is 0 Å². The molecule has 0 atom stereocenters. The second-order valence-electron chi connectivity index (χ2n) is 4.93. The molecule has 16 heavy (non-hydrogen) atoms. The highest BCUT2D eigenvalue weighted by Crippen LogP contribution is 2.32. The number of hydrogen-bond donors (Lipinski definition) is 0. The van der Waals surface area contributed by atoms with Gasteiger partial charge in [-0.15, -0.1) is 0 Å². The van der Waals surface area contributed by atoms with E-state index in [4.69, 9.17) is 0 Å². The third-order valence-corrected chi connectivity index (χ3v) is 3.91. The fraction of sp³-hybridized carbons (Fsp3) is 0.615. The van der Waals surface area contributed by atoms with Crippen LogP contribution in [0.1, 0.15) is 32.4 Å². The number of nitrogens with zero attached hydrogens (tertiary/aromatic N) is 2. The van der Waals surface area contributed by atoms with Gasteiger partial charge in [0.1, 0.15) is 5.82 Å². The topological polar surface area (TPSA) is 16.1 Å². The van der Waals surface area contributed by atoms with E-state index in [1.54, 1.807) is 0 Å². The van der Waals surface area contributed by atoms with Crippen molar-refractivity contribution in [3.8, 4) is 0 Å². The first-order valence-electron chi connectivity index (χ1n) is 5.97. The lowest BCUT2D eigenvalue weighted by Crippen LogP contribution is -2.33. The number of halogens is 1. The Bertz CT molecular complexity index is 372. The Kier molecular flexibility index (Phi) is 3.53. The van der Waals surface area contributed by atoms with Crippen molar-refractivity contribution in [2.75, 3.05) is 11.4 Å². The van der Waals surface area contributed by atoms with Crippen molar-refractivity contribution in [2.24, 2.45) is 5.92 Å². The van der Waals surface area contributed by atoms with Gasteiger partial charge in [-0.2, -0.15) is 0 Å². The molecule has 0 saturated heterocycles. The van der Waals surface area contributed by atoms with E-state index < -0.39 is 0 Å². The van der Waals surface area contributed by atoms with E-state index in [2.05, 4.69) is 51.8 Å². The summed E-state index contributed by atoms with van der Waals surface area (Å²) < 4.78 is 1.09. The number of anilines is 1. The summed E-state index contributed by atoms with van der Waals surface area (Å²) in [5.41, 5.74) is 1.07. The van der Waals surface area contributed by atoms with Crippen LogP contribution in [0.25, 0.3) is 0 Å². The molecule has 0 bridgehead atoms. The van der Waals surface area contributed by atoms with Crippen molar-refractivity contribution in [1.29, 1.82) is 0 Å². The summed E-state index contributed by atoms with van der Waals surface area (Å²) in [6.45, 7) is 7.68. The lowest BCUT2D eigenvalue weighted by atomic mass is 10.2. The minimum atomic E-state index is 0.522. The highest BCUT2D eigenvalue weighted by Gasteiger charge is 2.26. The summed E-state index contributed by atoms with van der Waals surface area (Å²) in [6, 6.07) is 4.73. The Morgan fingerprint density at radius 1 is 1.44 bits per heavy atom. The van der Waals surface area contributed by atoms with Crippen molar-refractivity contribution in [3.05, 3.63) is 22.3 Å². The second-order valence-corrected chi connectivity index (χ2v) is 5.78. The molecule has 1 aliphatic rings. The zero-order chi connectivity index (χ0) is 11.7. The van der Waals surface area contributed by atoms with Crippen LogP contribution in [0.15, 0.2) is 16.6 Å². The SMILES string of the molecule is Cc1nc(N(CC2CC2)C(C)C)ccc1Br. The van der Waals surface area contributed by atoms with E-state index in [1.807, 2.05) is 6.92 Å². The Morgan fingerprint density at radius 2 is 2.12 bits per heavy atom. The first-order valence-corrected chi connectivity index (χ1v) is 6.77. The maximum Gasteiger partial charge on any atom is 0.129 e. The van der Waals surface area contributed by atoms with Gasteiger partial charge < -0.3 is 4.90 Å². The average Bonchev–Trinajstić information content (AvgIpc) is 3.02. The monoisotopic (exact) mass is 282 g/mol. The van der Waals surface area contributed by atoms with Crippen LogP contribution in [0.5, 0.6) is 0 Å². The van der Waals surface area contributed by atoms with Crippen LogP contribution in [0.4, 0.5) is 5.82 Å². The largest absolute Gasteiger partial charge is 0.354 e. The van der Waals surface area contributed by atoms with Gasteiger partial charge in [-0.1, -0.05) is 0 Å². The second kappa shape index (κ2) is 4.74. The third kappa shape index (κ3) is 2.76. The zero-order valence-corrected chi connectivity index (χ0v) is 11.8. The molecular formula is C13H19BrN2. The molecule has 0 radical (unpaired) electrons. The van der Waals surface area contributed by atoms with Crippen LogP contribution in [0.3, 0.4) is 0 Å². The van der Waals surface area contributed by atoms with Crippen molar-refractivity contribution in [3.63, 3.8) is 0 Å². The molecule has 0 spiro atoms. The van der Waals surface area contributed by atoms with Crippen molar-refractivity contribution in [2.45, 2.75) is 39.7 Å². The van der Waals surface area contributed by atoms with Crippen LogP contribution in [0, 0.1) is 12.8 Å². The molecule has 2 nitrogen and oxygen atoms in total. The molecule has 1 aromatic heterocycles. The zero-order valence-electron chi connectivity index (χ0n) is 10.2. The maximum absolute atomic E-state index is 4.65. The van der Waals surface area contributed by atoms with E-state index in [1.165, 1.54) is 12.8 Å². The molecule has 1 heterocycles. The first-order chi connectivity index (χ1) is 7.58. The maximum atomic E-state index is 4.65. The van der Waals surface area contributed by atoms with Crippen LogP contribution >= 0.6 is 15.9 Å². The van der Waals surface area contributed by atoms with E-state index >= 15 is 0 Å². The minimum absolute atomic E-state index is 0.522. The van der Waals surface area contributed by atoms with Gasteiger partial charge in [-0.3, -0.25) is 0 Å². The molecule has 1 fully saturated rings. The van der Waals surface area contributed by atoms with Crippen LogP contribution < -0.4 is 4.90 Å². The molecule has 88 valence electrons.